The summed E-state index contributed by atoms with van der Waals surface area (Å²) >= 11 is 4.41. The molecular formula is C15H16S. The van der Waals surface area contributed by atoms with E-state index in [1.165, 1.54) is 16.7 Å². The van der Waals surface area contributed by atoms with Crippen LogP contribution in [0.1, 0.15) is 29.5 Å². The van der Waals surface area contributed by atoms with E-state index in [0.29, 0.717) is 5.92 Å². The van der Waals surface area contributed by atoms with Gasteiger partial charge in [-0.3, -0.25) is 0 Å². The third-order valence-electron chi connectivity index (χ3n) is 3.03. The topological polar surface area (TPSA) is 0 Å². The summed E-state index contributed by atoms with van der Waals surface area (Å²) in [5.74, 6) is 0.424. The maximum absolute atomic E-state index is 4.41. The highest BCUT2D eigenvalue weighted by Crippen LogP contribution is 2.28. The number of rotatable bonds is 2. The lowest BCUT2D eigenvalue weighted by atomic mass is 9.90. The molecule has 0 spiro atoms. The Morgan fingerprint density at radius 3 is 2.38 bits per heavy atom. The van der Waals surface area contributed by atoms with Crippen molar-refractivity contribution in [3.8, 4) is 0 Å². The van der Waals surface area contributed by atoms with Gasteiger partial charge >= 0.3 is 0 Å². The minimum atomic E-state index is 0.424. The molecule has 1 heteroatoms. The Balaban J connectivity index is 2.41. The van der Waals surface area contributed by atoms with Gasteiger partial charge in [-0.05, 0) is 35.7 Å². The summed E-state index contributed by atoms with van der Waals surface area (Å²) in [5.41, 5.74) is 4.04. The predicted octanol–water partition coefficient (Wildman–Crippen LogP) is 4.44. The van der Waals surface area contributed by atoms with Crippen molar-refractivity contribution in [2.24, 2.45) is 0 Å². The first-order valence-electron chi connectivity index (χ1n) is 5.53. The Morgan fingerprint density at radius 1 is 1.00 bits per heavy atom. The largest absolute Gasteiger partial charge is 0.143 e. The molecule has 2 aromatic rings. The lowest BCUT2D eigenvalue weighted by Gasteiger charge is -2.15. The first-order chi connectivity index (χ1) is 7.68. The van der Waals surface area contributed by atoms with E-state index < -0.39 is 0 Å². The Bertz CT molecular complexity index is 474. The van der Waals surface area contributed by atoms with Crippen molar-refractivity contribution in [2.75, 3.05) is 0 Å². The zero-order chi connectivity index (χ0) is 11.5. The highest BCUT2D eigenvalue weighted by atomic mass is 32.1. The quantitative estimate of drug-likeness (QED) is 0.722. The summed E-state index contributed by atoms with van der Waals surface area (Å²) in [7, 11) is 0. The Labute approximate surface area is 103 Å². The fourth-order valence-electron chi connectivity index (χ4n) is 2.02. The zero-order valence-electron chi connectivity index (χ0n) is 9.64. The van der Waals surface area contributed by atoms with E-state index >= 15 is 0 Å². The molecule has 0 aliphatic carbocycles. The minimum Gasteiger partial charge on any atom is -0.143 e. The fourth-order valence-corrected chi connectivity index (χ4v) is 2.23. The first kappa shape index (κ1) is 11.3. The highest BCUT2D eigenvalue weighted by Gasteiger charge is 2.10. The standard InChI is InChI=1S/C15H16S/c1-11-8-9-14(16)10-15(11)12(2)13-6-4-3-5-7-13/h3-10,12,16H,1-2H3. The van der Waals surface area contributed by atoms with Crippen LogP contribution >= 0.6 is 12.6 Å². The predicted molar refractivity (Wildman–Crippen MR) is 72.4 cm³/mol. The number of benzene rings is 2. The van der Waals surface area contributed by atoms with Gasteiger partial charge in [0.15, 0.2) is 0 Å². The molecule has 0 amide bonds. The van der Waals surface area contributed by atoms with Crippen molar-refractivity contribution in [1.82, 2.24) is 0 Å². The van der Waals surface area contributed by atoms with Crippen LogP contribution in [0, 0.1) is 6.92 Å². The average Bonchev–Trinajstić information content (AvgIpc) is 2.32. The molecule has 0 aliphatic rings. The Hall–Kier alpha value is -1.21. The maximum Gasteiger partial charge on any atom is 0.00640 e. The smallest absolute Gasteiger partial charge is 0.00640 e. The molecule has 1 atom stereocenters. The van der Waals surface area contributed by atoms with Gasteiger partial charge in [0.1, 0.15) is 0 Å². The molecule has 0 saturated heterocycles. The fraction of sp³-hybridized carbons (Fsp3) is 0.200. The Morgan fingerprint density at radius 2 is 1.69 bits per heavy atom. The van der Waals surface area contributed by atoms with Crippen molar-refractivity contribution in [2.45, 2.75) is 24.7 Å². The van der Waals surface area contributed by atoms with E-state index in [0.717, 1.165) is 4.90 Å². The van der Waals surface area contributed by atoms with E-state index in [1.807, 2.05) is 6.07 Å². The first-order valence-corrected chi connectivity index (χ1v) is 5.97. The molecule has 0 heterocycles. The van der Waals surface area contributed by atoms with Crippen molar-refractivity contribution in [1.29, 1.82) is 0 Å². The highest BCUT2D eigenvalue weighted by molar-refractivity contribution is 7.80. The molecule has 0 radical (unpaired) electrons. The number of hydrogen-bond acceptors (Lipinski definition) is 1. The molecule has 0 bridgehead atoms. The minimum absolute atomic E-state index is 0.424. The second kappa shape index (κ2) is 4.75. The van der Waals surface area contributed by atoms with Crippen LogP contribution in [0.4, 0.5) is 0 Å². The second-order valence-electron chi connectivity index (χ2n) is 4.17. The number of aryl methyl sites for hydroxylation is 1. The summed E-state index contributed by atoms with van der Waals surface area (Å²) < 4.78 is 0. The second-order valence-corrected chi connectivity index (χ2v) is 4.69. The molecule has 0 N–H and O–H groups in total. The van der Waals surface area contributed by atoms with Crippen LogP contribution in [0.5, 0.6) is 0 Å². The van der Waals surface area contributed by atoms with Gasteiger partial charge < -0.3 is 0 Å². The molecule has 0 aliphatic heterocycles. The summed E-state index contributed by atoms with van der Waals surface area (Å²) in [6.45, 7) is 4.40. The van der Waals surface area contributed by atoms with Gasteiger partial charge in [0.25, 0.3) is 0 Å². The van der Waals surface area contributed by atoms with Gasteiger partial charge in [-0.25, -0.2) is 0 Å². The van der Waals surface area contributed by atoms with Gasteiger partial charge in [-0.1, -0.05) is 43.3 Å². The molecule has 0 aromatic heterocycles. The SMILES string of the molecule is Cc1ccc(S)cc1C(C)c1ccccc1. The molecule has 0 saturated carbocycles. The van der Waals surface area contributed by atoms with Gasteiger partial charge in [-0.15, -0.1) is 12.6 Å². The molecule has 0 fully saturated rings. The summed E-state index contributed by atoms with van der Waals surface area (Å²) in [6.07, 6.45) is 0. The maximum atomic E-state index is 4.41. The van der Waals surface area contributed by atoms with Crippen molar-refractivity contribution < 1.29 is 0 Å². The lowest BCUT2D eigenvalue weighted by molar-refractivity contribution is 0.904. The van der Waals surface area contributed by atoms with Crippen LogP contribution in [0.2, 0.25) is 0 Å². The van der Waals surface area contributed by atoms with E-state index in [9.17, 15) is 0 Å². The molecule has 16 heavy (non-hydrogen) atoms. The van der Waals surface area contributed by atoms with Crippen LogP contribution < -0.4 is 0 Å². The van der Waals surface area contributed by atoms with Crippen molar-refractivity contribution >= 4 is 12.6 Å². The Kier molecular flexibility index (Phi) is 3.35. The normalized spacial score (nSPS) is 12.4. The summed E-state index contributed by atoms with van der Waals surface area (Å²) in [5, 5.41) is 0. The van der Waals surface area contributed by atoms with E-state index in [-0.39, 0.29) is 0 Å². The van der Waals surface area contributed by atoms with Crippen LogP contribution in [-0.4, -0.2) is 0 Å². The van der Waals surface area contributed by atoms with Gasteiger partial charge in [0.2, 0.25) is 0 Å². The van der Waals surface area contributed by atoms with Gasteiger partial charge in [0.05, 0.1) is 0 Å². The molecule has 0 nitrogen and oxygen atoms in total. The molecule has 82 valence electrons. The zero-order valence-corrected chi connectivity index (χ0v) is 10.5. The van der Waals surface area contributed by atoms with Gasteiger partial charge in [-0.2, -0.15) is 0 Å². The van der Waals surface area contributed by atoms with Crippen molar-refractivity contribution in [3.05, 3.63) is 65.2 Å². The van der Waals surface area contributed by atoms with E-state index in [1.54, 1.807) is 0 Å². The van der Waals surface area contributed by atoms with Crippen LogP contribution in [0.25, 0.3) is 0 Å². The summed E-state index contributed by atoms with van der Waals surface area (Å²) in [6, 6.07) is 16.9. The molecule has 1 unspecified atom stereocenters. The number of thiol groups is 1. The van der Waals surface area contributed by atoms with Gasteiger partial charge in [0, 0.05) is 10.8 Å². The molecule has 2 rings (SSSR count). The third kappa shape index (κ3) is 2.30. The molecule has 2 aromatic carbocycles. The lowest BCUT2D eigenvalue weighted by Crippen LogP contribution is -1.98. The van der Waals surface area contributed by atoms with E-state index in [2.05, 4.69) is 68.9 Å². The van der Waals surface area contributed by atoms with Crippen LogP contribution in [-0.2, 0) is 0 Å². The van der Waals surface area contributed by atoms with Crippen LogP contribution in [0.15, 0.2) is 53.4 Å². The summed E-state index contributed by atoms with van der Waals surface area (Å²) in [4.78, 5) is 1.03. The van der Waals surface area contributed by atoms with Crippen molar-refractivity contribution in [3.63, 3.8) is 0 Å². The van der Waals surface area contributed by atoms with Crippen LogP contribution in [0.3, 0.4) is 0 Å². The average molecular weight is 228 g/mol. The molecular weight excluding hydrogens is 212 g/mol. The third-order valence-corrected chi connectivity index (χ3v) is 3.31. The number of hydrogen-bond donors (Lipinski definition) is 1. The van der Waals surface area contributed by atoms with E-state index in [4.69, 9.17) is 0 Å². The monoisotopic (exact) mass is 228 g/mol.